The summed E-state index contributed by atoms with van der Waals surface area (Å²) in [6, 6.07) is 7.20. The molecule has 2 rings (SSSR count). The Morgan fingerprint density at radius 1 is 1.33 bits per heavy atom. The van der Waals surface area contributed by atoms with Crippen LogP contribution in [-0.4, -0.2) is 41.6 Å². The number of likely N-dealkylation sites (N-methyl/N-ethyl adjacent to an activating group) is 1. The molecule has 130 valence electrons. The monoisotopic (exact) mass is 332 g/mol. The third-order valence-corrected chi connectivity index (χ3v) is 3.29. The zero-order valence-electron chi connectivity index (χ0n) is 14.6. The fraction of sp³-hybridized carbons (Fsp3) is 0.471. The predicted octanol–water partition coefficient (Wildman–Crippen LogP) is 2.35. The van der Waals surface area contributed by atoms with Gasteiger partial charge in [-0.3, -0.25) is 9.69 Å². The van der Waals surface area contributed by atoms with E-state index in [-0.39, 0.29) is 12.5 Å². The van der Waals surface area contributed by atoms with Gasteiger partial charge >= 0.3 is 0 Å². The summed E-state index contributed by atoms with van der Waals surface area (Å²) in [5, 5.41) is 6.79. The molecule has 0 radical (unpaired) electrons. The Morgan fingerprint density at radius 2 is 2.04 bits per heavy atom. The third-order valence-electron chi connectivity index (χ3n) is 3.29. The van der Waals surface area contributed by atoms with Crippen molar-refractivity contribution < 1.29 is 14.1 Å². The lowest BCUT2D eigenvalue weighted by Crippen LogP contribution is -2.29. The third kappa shape index (κ3) is 5.66. The fourth-order valence-electron chi connectivity index (χ4n) is 2.21. The molecule has 1 aromatic carbocycles. The maximum Gasteiger partial charge on any atom is 0.240 e. The molecule has 1 aromatic heterocycles. The van der Waals surface area contributed by atoms with Crippen LogP contribution >= 0.6 is 0 Å². The number of methoxy groups -OCH3 is 1. The molecule has 0 aliphatic heterocycles. The van der Waals surface area contributed by atoms with E-state index in [4.69, 9.17) is 9.26 Å². The van der Waals surface area contributed by atoms with Crippen LogP contribution in [0.15, 0.2) is 28.8 Å². The van der Waals surface area contributed by atoms with Gasteiger partial charge in [-0.1, -0.05) is 19.0 Å². The van der Waals surface area contributed by atoms with E-state index in [1.807, 2.05) is 11.9 Å². The first-order valence-electron chi connectivity index (χ1n) is 7.90. The second-order valence-corrected chi connectivity index (χ2v) is 6.15. The molecular formula is C17H24N4O3. The number of benzene rings is 1. The first kappa shape index (κ1) is 17.9. The summed E-state index contributed by atoms with van der Waals surface area (Å²) < 4.78 is 10.3. The summed E-state index contributed by atoms with van der Waals surface area (Å²) in [6.07, 6.45) is 0.783. The van der Waals surface area contributed by atoms with E-state index in [1.165, 1.54) is 0 Å². The second-order valence-electron chi connectivity index (χ2n) is 6.15. The van der Waals surface area contributed by atoms with Crippen molar-refractivity contribution in [3.63, 3.8) is 0 Å². The van der Waals surface area contributed by atoms with Gasteiger partial charge in [0.1, 0.15) is 5.75 Å². The quantitative estimate of drug-likeness (QED) is 0.799. The maximum atomic E-state index is 12.1. The van der Waals surface area contributed by atoms with Crippen molar-refractivity contribution in [3.8, 4) is 5.75 Å². The Labute approximate surface area is 142 Å². The Morgan fingerprint density at radius 3 is 2.67 bits per heavy atom. The van der Waals surface area contributed by atoms with Crippen LogP contribution in [-0.2, 0) is 17.8 Å². The van der Waals surface area contributed by atoms with Crippen LogP contribution in [0.2, 0.25) is 0 Å². The first-order chi connectivity index (χ1) is 11.5. The lowest BCUT2D eigenvalue weighted by molar-refractivity contribution is -0.117. The average molecular weight is 332 g/mol. The number of aromatic nitrogens is 2. The molecule has 7 nitrogen and oxygen atoms in total. The smallest absolute Gasteiger partial charge is 0.240 e. The molecule has 2 aromatic rings. The SMILES string of the molecule is COc1ccc(NC(=O)CN(C)Cc2nc(CC(C)C)no2)cc1. The Kier molecular flexibility index (Phi) is 6.31. The fourth-order valence-corrected chi connectivity index (χ4v) is 2.21. The number of anilines is 1. The molecule has 24 heavy (non-hydrogen) atoms. The summed E-state index contributed by atoms with van der Waals surface area (Å²) in [5.41, 5.74) is 0.728. The van der Waals surface area contributed by atoms with Crippen LogP contribution in [0.3, 0.4) is 0 Å². The van der Waals surface area contributed by atoms with E-state index in [2.05, 4.69) is 29.3 Å². The number of ether oxygens (including phenoxy) is 1. The zero-order valence-corrected chi connectivity index (χ0v) is 14.6. The van der Waals surface area contributed by atoms with Gasteiger partial charge in [0.2, 0.25) is 11.8 Å². The van der Waals surface area contributed by atoms with Gasteiger partial charge in [-0.05, 0) is 37.2 Å². The van der Waals surface area contributed by atoms with Crippen molar-refractivity contribution in [2.45, 2.75) is 26.8 Å². The predicted molar refractivity (Wildman–Crippen MR) is 90.8 cm³/mol. The highest BCUT2D eigenvalue weighted by atomic mass is 16.5. The minimum absolute atomic E-state index is 0.107. The number of amides is 1. The molecule has 0 aliphatic carbocycles. The summed E-state index contributed by atoms with van der Waals surface area (Å²) in [5.74, 6) is 2.34. The minimum atomic E-state index is -0.107. The Hall–Kier alpha value is -2.41. The lowest BCUT2D eigenvalue weighted by atomic mass is 10.1. The molecule has 0 unspecified atom stereocenters. The van der Waals surface area contributed by atoms with Gasteiger partial charge in [-0.25, -0.2) is 0 Å². The number of hydrogen-bond donors (Lipinski definition) is 1. The summed E-state index contributed by atoms with van der Waals surface area (Å²) in [6.45, 7) is 4.87. The van der Waals surface area contributed by atoms with Crippen molar-refractivity contribution in [2.24, 2.45) is 5.92 Å². The van der Waals surface area contributed by atoms with Crippen molar-refractivity contribution in [1.82, 2.24) is 15.0 Å². The number of carbonyl (C=O) groups excluding carboxylic acids is 1. The van der Waals surface area contributed by atoms with Gasteiger partial charge in [-0.15, -0.1) is 0 Å². The van der Waals surface area contributed by atoms with Crippen LogP contribution in [0.1, 0.15) is 25.6 Å². The van der Waals surface area contributed by atoms with E-state index in [0.717, 1.165) is 17.9 Å². The highest BCUT2D eigenvalue weighted by molar-refractivity contribution is 5.92. The summed E-state index contributed by atoms with van der Waals surface area (Å²) >= 11 is 0. The molecule has 0 bridgehead atoms. The minimum Gasteiger partial charge on any atom is -0.497 e. The number of nitrogens with one attached hydrogen (secondary N) is 1. The van der Waals surface area contributed by atoms with E-state index in [0.29, 0.717) is 24.2 Å². The average Bonchev–Trinajstić information content (AvgIpc) is 2.93. The van der Waals surface area contributed by atoms with E-state index >= 15 is 0 Å². The van der Waals surface area contributed by atoms with Crippen molar-refractivity contribution in [2.75, 3.05) is 26.0 Å². The van der Waals surface area contributed by atoms with E-state index in [9.17, 15) is 4.79 Å². The van der Waals surface area contributed by atoms with Gasteiger partial charge in [0.05, 0.1) is 20.2 Å². The number of carbonyl (C=O) groups is 1. The van der Waals surface area contributed by atoms with Gasteiger partial charge in [0, 0.05) is 12.1 Å². The molecule has 0 aliphatic rings. The Bertz CT molecular complexity index is 652. The molecule has 0 fully saturated rings. The van der Waals surface area contributed by atoms with Crippen LogP contribution in [0.25, 0.3) is 0 Å². The van der Waals surface area contributed by atoms with Crippen LogP contribution in [0.5, 0.6) is 5.75 Å². The molecule has 0 spiro atoms. The molecule has 1 heterocycles. The largest absolute Gasteiger partial charge is 0.497 e. The normalized spacial score (nSPS) is 11.1. The standard InChI is InChI=1S/C17H24N4O3/c1-12(2)9-15-19-17(24-20-15)11-21(3)10-16(22)18-13-5-7-14(23-4)8-6-13/h5-8,12H,9-11H2,1-4H3,(H,18,22). The maximum absolute atomic E-state index is 12.1. The Balaban J connectivity index is 1.81. The van der Waals surface area contributed by atoms with Crippen LogP contribution in [0, 0.1) is 5.92 Å². The number of rotatable bonds is 8. The highest BCUT2D eigenvalue weighted by Gasteiger charge is 2.13. The second kappa shape index (κ2) is 8.44. The molecule has 7 heteroatoms. The summed E-state index contributed by atoms with van der Waals surface area (Å²) in [7, 11) is 3.44. The van der Waals surface area contributed by atoms with Gasteiger partial charge < -0.3 is 14.6 Å². The molecule has 0 saturated carbocycles. The summed E-state index contributed by atoms with van der Waals surface area (Å²) in [4.78, 5) is 18.2. The van der Waals surface area contributed by atoms with Gasteiger partial charge in [-0.2, -0.15) is 4.98 Å². The van der Waals surface area contributed by atoms with E-state index < -0.39 is 0 Å². The van der Waals surface area contributed by atoms with Crippen LogP contribution in [0.4, 0.5) is 5.69 Å². The van der Waals surface area contributed by atoms with E-state index in [1.54, 1.807) is 31.4 Å². The van der Waals surface area contributed by atoms with Crippen LogP contribution < -0.4 is 10.1 Å². The highest BCUT2D eigenvalue weighted by Crippen LogP contribution is 2.15. The number of nitrogens with zero attached hydrogens (tertiary/aromatic N) is 3. The van der Waals surface area contributed by atoms with Gasteiger partial charge in [0.25, 0.3) is 0 Å². The molecule has 0 saturated heterocycles. The van der Waals surface area contributed by atoms with Crippen molar-refractivity contribution >= 4 is 11.6 Å². The van der Waals surface area contributed by atoms with Crippen molar-refractivity contribution in [3.05, 3.63) is 36.0 Å². The van der Waals surface area contributed by atoms with Gasteiger partial charge in [0.15, 0.2) is 5.82 Å². The molecule has 1 N–H and O–H groups in total. The first-order valence-corrected chi connectivity index (χ1v) is 7.90. The number of hydrogen-bond acceptors (Lipinski definition) is 6. The molecular weight excluding hydrogens is 308 g/mol. The topological polar surface area (TPSA) is 80.5 Å². The zero-order chi connectivity index (χ0) is 17.5. The molecule has 0 atom stereocenters. The lowest BCUT2D eigenvalue weighted by Gasteiger charge is -2.14. The van der Waals surface area contributed by atoms with Crippen molar-refractivity contribution in [1.29, 1.82) is 0 Å². The molecule has 1 amide bonds.